The van der Waals surface area contributed by atoms with Gasteiger partial charge in [-0.05, 0) is 18.4 Å². The van der Waals surface area contributed by atoms with E-state index in [0.29, 0.717) is 21.5 Å². The first kappa shape index (κ1) is 16.2. The second-order valence-corrected chi connectivity index (χ2v) is 7.08. The highest BCUT2D eigenvalue weighted by atomic mass is 32.2. The quantitative estimate of drug-likeness (QED) is 0.683. The standard InChI is InChI=1S/C16H13N5OS2/c1-10(14(22)19-15-12(9-17)7-8-23-15)24-16-18-13(20-21-16)11-5-3-2-4-6-11/h2-8,10H,1H3,(H,19,22)(H,18,20,21)/t10-/m0/s1. The molecule has 0 unspecified atom stereocenters. The van der Waals surface area contributed by atoms with Crippen LogP contribution in [0.25, 0.3) is 11.4 Å². The molecule has 0 aliphatic heterocycles. The number of rotatable bonds is 5. The van der Waals surface area contributed by atoms with Crippen LogP contribution >= 0.6 is 23.1 Å². The van der Waals surface area contributed by atoms with Crippen molar-refractivity contribution in [3.05, 3.63) is 47.3 Å². The van der Waals surface area contributed by atoms with Crippen molar-refractivity contribution < 1.29 is 4.79 Å². The molecule has 0 aliphatic rings. The maximum Gasteiger partial charge on any atom is 0.238 e. The van der Waals surface area contributed by atoms with Crippen molar-refractivity contribution in [2.75, 3.05) is 5.32 Å². The molecule has 0 fully saturated rings. The van der Waals surface area contributed by atoms with Gasteiger partial charge in [-0.25, -0.2) is 4.98 Å². The smallest absolute Gasteiger partial charge is 0.238 e. The largest absolute Gasteiger partial charge is 0.316 e. The first-order chi connectivity index (χ1) is 11.7. The van der Waals surface area contributed by atoms with Crippen molar-refractivity contribution in [1.29, 1.82) is 5.26 Å². The van der Waals surface area contributed by atoms with Gasteiger partial charge in [-0.1, -0.05) is 42.1 Å². The Morgan fingerprint density at radius 3 is 2.92 bits per heavy atom. The van der Waals surface area contributed by atoms with Crippen LogP contribution in [0.3, 0.4) is 0 Å². The first-order valence-electron chi connectivity index (χ1n) is 7.10. The van der Waals surface area contributed by atoms with Gasteiger partial charge in [0.2, 0.25) is 11.1 Å². The van der Waals surface area contributed by atoms with Crippen LogP contribution in [0, 0.1) is 11.3 Å². The van der Waals surface area contributed by atoms with E-state index in [4.69, 9.17) is 5.26 Å². The number of nitrogens with one attached hydrogen (secondary N) is 2. The number of hydrogen-bond acceptors (Lipinski definition) is 6. The highest BCUT2D eigenvalue weighted by Crippen LogP contribution is 2.26. The number of aromatic amines is 1. The van der Waals surface area contributed by atoms with Crippen molar-refractivity contribution >= 4 is 34.0 Å². The second-order valence-electron chi connectivity index (χ2n) is 4.86. The van der Waals surface area contributed by atoms with Gasteiger partial charge in [0, 0.05) is 5.56 Å². The molecule has 0 aliphatic carbocycles. The summed E-state index contributed by atoms with van der Waals surface area (Å²) >= 11 is 2.59. The van der Waals surface area contributed by atoms with Crippen LogP contribution in [0.1, 0.15) is 12.5 Å². The molecule has 120 valence electrons. The lowest BCUT2D eigenvalue weighted by Gasteiger charge is -2.08. The van der Waals surface area contributed by atoms with Crippen molar-refractivity contribution in [3.63, 3.8) is 0 Å². The van der Waals surface area contributed by atoms with Gasteiger partial charge in [-0.15, -0.1) is 16.4 Å². The summed E-state index contributed by atoms with van der Waals surface area (Å²) in [6.07, 6.45) is 0. The van der Waals surface area contributed by atoms with Gasteiger partial charge < -0.3 is 5.32 Å². The third kappa shape index (κ3) is 3.64. The van der Waals surface area contributed by atoms with Crippen LogP contribution in [0.15, 0.2) is 46.9 Å². The van der Waals surface area contributed by atoms with E-state index >= 15 is 0 Å². The van der Waals surface area contributed by atoms with Crippen molar-refractivity contribution in [1.82, 2.24) is 15.2 Å². The molecule has 1 aromatic carbocycles. The van der Waals surface area contributed by atoms with Crippen LogP contribution in [-0.2, 0) is 4.79 Å². The monoisotopic (exact) mass is 355 g/mol. The molecule has 3 rings (SSSR count). The highest BCUT2D eigenvalue weighted by Gasteiger charge is 2.19. The van der Waals surface area contributed by atoms with Gasteiger partial charge in [0.05, 0.1) is 10.8 Å². The average molecular weight is 355 g/mol. The molecule has 2 heterocycles. The SMILES string of the molecule is C[C@H](Sc1n[nH]c(-c2ccccc2)n1)C(=O)Nc1sccc1C#N. The molecule has 3 aromatic rings. The summed E-state index contributed by atoms with van der Waals surface area (Å²) in [5, 5.41) is 21.2. The molecule has 0 spiro atoms. The van der Waals surface area contributed by atoms with Crippen LogP contribution in [0.2, 0.25) is 0 Å². The minimum Gasteiger partial charge on any atom is -0.316 e. The third-order valence-electron chi connectivity index (χ3n) is 3.19. The molecule has 0 saturated heterocycles. The number of carbonyl (C=O) groups is 1. The van der Waals surface area contributed by atoms with Gasteiger partial charge in [0.25, 0.3) is 0 Å². The lowest BCUT2D eigenvalue weighted by atomic mass is 10.2. The molecular weight excluding hydrogens is 342 g/mol. The first-order valence-corrected chi connectivity index (χ1v) is 8.86. The molecular formula is C16H13N5OS2. The molecule has 0 bridgehead atoms. The fourth-order valence-corrected chi connectivity index (χ4v) is 3.41. The average Bonchev–Trinajstić information content (AvgIpc) is 3.24. The second kappa shape index (κ2) is 7.29. The zero-order valence-electron chi connectivity index (χ0n) is 12.7. The van der Waals surface area contributed by atoms with Gasteiger partial charge in [0.1, 0.15) is 11.1 Å². The van der Waals surface area contributed by atoms with E-state index in [1.54, 1.807) is 18.4 Å². The number of amides is 1. The number of benzene rings is 1. The molecule has 1 atom stereocenters. The zero-order valence-corrected chi connectivity index (χ0v) is 14.3. The summed E-state index contributed by atoms with van der Waals surface area (Å²) in [6.45, 7) is 1.78. The number of nitriles is 1. The van der Waals surface area contributed by atoms with E-state index in [0.717, 1.165) is 5.56 Å². The number of H-pyrrole nitrogens is 1. The number of nitrogens with zero attached hydrogens (tertiary/aromatic N) is 3. The number of carbonyl (C=O) groups excluding carboxylic acids is 1. The Kier molecular flexibility index (Phi) is 4.93. The van der Waals surface area contributed by atoms with E-state index in [2.05, 4.69) is 26.6 Å². The summed E-state index contributed by atoms with van der Waals surface area (Å²) in [5.74, 6) is 0.473. The van der Waals surface area contributed by atoms with Gasteiger partial charge in [0.15, 0.2) is 5.82 Å². The van der Waals surface area contributed by atoms with Crippen molar-refractivity contribution in [3.8, 4) is 17.5 Å². The Bertz CT molecular complexity index is 881. The molecule has 2 N–H and O–H groups in total. The predicted molar refractivity (Wildman–Crippen MR) is 94.8 cm³/mol. The van der Waals surface area contributed by atoms with Gasteiger partial charge in [-0.2, -0.15) is 5.26 Å². The Balaban J connectivity index is 1.65. The maximum absolute atomic E-state index is 12.3. The zero-order chi connectivity index (χ0) is 16.9. The Morgan fingerprint density at radius 2 is 2.17 bits per heavy atom. The maximum atomic E-state index is 12.3. The van der Waals surface area contributed by atoms with Crippen LogP contribution in [0.4, 0.5) is 5.00 Å². The van der Waals surface area contributed by atoms with Crippen molar-refractivity contribution in [2.45, 2.75) is 17.3 Å². The molecule has 0 saturated carbocycles. The highest BCUT2D eigenvalue weighted by molar-refractivity contribution is 8.00. The number of anilines is 1. The summed E-state index contributed by atoms with van der Waals surface area (Å²) in [4.78, 5) is 16.7. The molecule has 0 radical (unpaired) electrons. The van der Waals surface area contributed by atoms with Crippen LogP contribution in [0.5, 0.6) is 0 Å². The number of thiophene rings is 1. The van der Waals surface area contributed by atoms with E-state index in [-0.39, 0.29) is 5.91 Å². The molecule has 2 aromatic heterocycles. The summed E-state index contributed by atoms with van der Waals surface area (Å²) in [6, 6.07) is 13.4. The van der Waals surface area contributed by atoms with E-state index < -0.39 is 5.25 Å². The van der Waals surface area contributed by atoms with E-state index in [1.807, 2.05) is 30.3 Å². The number of aromatic nitrogens is 3. The fraction of sp³-hybridized carbons (Fsp3) is 0.125. The minimum absolute atomic E-state index is 0.190. The number of hydrogen-bond donors (Lipinski definition) is 2. The number of thioether (sulfide) groups is 1. The lowest BCUT2D eigenvalue weighted by molar-refractivity contribution is -0.115. The minimum atomic E-state index is -0.391. The van der Waals surface area contributed by atoms with Gasteiger partial charge in [-0.3, -0.25) is 9.89 Å². The topological polar surface area (TPSA) is 94.5 Å². The lowest BCUT2D eigenvalue weighted by Crippen LogP contribution is -2.22. The van der Waals surface area contributed by atoms with Gasteiger partial charge >= 0.3 is 0 Å². The predicted octanol–water partition coefficient (Wildman–Crippen LogP) is 3.52. The van der Waals surface area contributed by atoms with Crippen LogP contribution in [-0.4, -0.2) is 26.3 Å². The van der Waals surface area contributed by atoms with E-state index in [1.165, 1.54) is 23.1 Å². The normalized spacial score (nSPS) is 11.7. The summed E-state index contributed by atoms with van der Waals surface area (Å²) in [7, 11) is 0. The molecule has 1 amide bonds. The summed E-state index contributed by atoms with van der Waals surface area (Å²) in [5.41, 5.74) is 1.40. The Morgan fingerprint density at radius 1 is 1.38 bits per heavy atom. The molecule has 8 heteroatoms. The Labute approximate surface area is 146 Å². The molecule has 24 heavy (non-hydrogen) atoms. The summed E-state index contributed by atoms with van der Waals surface area (Å²) < 4.78 is 0. The molecule has 6 nitrogen and oxygen atoms in total. The Hall–Kier alpha value is -2.63. The third-order valence-corrected chi connectivity index (χ3v) is 4.98. The van der Waals surface area contributed by atoms with E-state index in [9.17, 15) is 4.79 Å². The van der Waals surface area contributed by atoms with Crippen LogP contribution < -0.4 is 5.32 Å². The van der Waals surface area contributed by atoms with Crippen molar-refractivity contribution in [2.24, 2.45) is 0 Å². The fourth-order valence-electron chi connectivity index (χ4n) is 1.94.